The first kappa shape index (κ1) is 23.4. The van der Waals surface area contributed by atoms with E-state index in [1.165, 1.54) is 12.1 Å². The SMILES string of the molecule is CN=C(NCc1ccc(C(F)(F)F)cc1)NC1CCc2nc(COC)nn2C1.I. The number of aromatic nitrogens is 3. The first-order valence-corrected chi connectivity index (χ1v) is 8.94. The van der Waals surface area contributed by atoms with Crippen molar-refractivity contribution in [2.75, 3.05) is 14.2 Å². The van der Waals surface area contributed by atoms with E-state index in [9.17, 15) is 13.2 Å². The van der Waals surface area contributed by atoms with Gasteiger partial charge in [-0.25, -0.2) is 9.67 Å². The number of aliphatic imine (C=N–C) groups is 1. The Morgan fingerprint density at radius 2 is 2.03 bits per heavy atom. The Kier molecular flexibility index (Phi) is 8.25. The van der Waals surface area contributed by atoms with Crippen molar-refractivity contribution in [2.45, 2.75) is 44.8 Å². The van der Waals surface area contributed by atoms with Gasteiger partial charge in [-0.15, -0.1) is 24.0 Å². The largest absolute Gasteiger partial charge is 0.416 e. The lowest BCUT2D eigenvalue weighted by Gasteiger charge is -2.25. The van der Waals surface area contributed by atoms with Crippen LogP contribution in [0.2, 0.25) is 0 Å². The van der Waals surface area contributed by atoms with E-state index in [2.05, 4.69) is 25.7 Å². The lowest BCUT2D eigenvalue weighted by atomic mass is 10.1. The molecule has 2 N–H and O–H groups in total. The maximum atomic E-state index is 12.6. The van der Waals surface area contributed by atoms with Crippen molar-refractivity contribution in [2.24, 2.45) is 4.99 Å². The summed E-state index contributed by atoms with van der Waals surface area (Å²) >= 11 is 0. The van der Waals surface area contributed by atoms with E-state index in [1.54, 1.807) is 14.2 Å². The quantitative estimate of drug-likeness (QED) is 0.358. The molecule has 0 spiro atoms. The first-order chi connectivity index (χ1) is 13.4. The van der Waals surface area contributed by atoms with Crippen LogP contribution in [-0.2, 0) is 37.0 Å². The molecule has 1 aromatic carbocycles. The number of fused-ring (bicyclic) bond motifs is 1. The second-order valence-electron chi connectivity index (χ2n) is 6.56. The molecule has 11 heteroatoms. The van der Waals surface area contributed by atoms with Crippen LogP contribution >= 0.6 is 24.0 Å². The maximum Gasteiger partial charge on any atom is 0.416 e. The molecule has 2 heterocycles. The Balaban J connectivity index is 0.00000300. The molecule has 160 valence electrons. The first-order valence-electron chi connectivity index (χ1n) is 8.94. The molecule has 2 aromatic rings. The van der Waals surface area contributed by atoms with Crippen molar-refractivity contribution in [1.82, 2.24) is 25.4 Å². The topological polar surface area (TPSA) is 76.4 Å². The fraction of sp³-hybridized carbons (Fsp3) is 0.500. The molecule has 1 unspecified atom stereocenters. The number of nitrogens with one attached hydrogen (secondary N) is 2. The number of benzene rings is 1. The molecule has 3 rings (SSSR count). The Morgan fingerprint density at radius 3 is 2.66 bits per heavy atom. The minimum absolute atomic E-state index is 0. The van der Waals surface area contributed by atoms with E-state index in [1.807, 2.05) is 4.68 Å². The number of hydrogen-bond donors (Lipinski definition) is 2. The van der Waals surface area contributed by atoms with Gasteiger partial charge in [0, 0.05) is 33.2 Å². The van der Waals surface area contributed by atoms with Crippen molar-refractivity contribution in [1.29, 1.82) is 0 Å². The van der Waals surface area contributed by atoms with E-state index < -0.39 is 11.7 Å². The minimum atomic E-state index is -4.33. The minimum Gasteiger partial charge on any atom is -0.377 e. The summed E-state index contributed by atoms with van der Waals surface area (Å²) < 4.78 is 44.8. The number of halogens is 4. The summed E-state index contributed by atoms with van der Waals surface area (Å²) in [4.78, 5) is 8.64. The zero-order valence-electron chi connectivity index (χ0n) is 16.2. The van der Waals surface area contributed by atoms with Crippen LogP contribution in [0.4, 0.5) is 13.2 Å². The molecular weight excluding hydrogens is 500 g/mol. The molecular formula is C18H24F3IN6O. The van der Waals surface area contributed by atoms with Crippen LogP contribution in [-0.4, -0.2) is 40.9 Å². The molecule has 1 atom stereocenters. The summed E-state index contributed by atoms with van der Waals surface area (Å²) in [6.45, 7) is 1.42. The molecule has 0 aliphatic carbocycles. The molecule has 0 bridgehead atoms. The van der Waals surface area contributed by atoms with Crippen molar-refractivity contribution in [3.8, 4) is 0 Å². The van der Waals surface area contributed by atoms with Crippen LogP contribution in [0.15, 0.2) is 29.3 Å². The number of aryl methyl sites for hydroxylation is 1. The third-order valence-corrected chi connectivity index (χ3v) is 4.48. The highest BCUT2D eigenvalue weighted by molar-refractivity contribution is 14.0. The second kappa shape index (κ2) is 10.2. The van der Waals surface area contributed by atoms with Crippen LogP contribution in [0.3, 0.4) is 0 Å². The van der Waals surface area contributed by atoms with Crippen molar-refractivity contribution in [3.63, 3.8) is 0 Å². The van der Waals surface area contributed by atoms with Crippen molar-refractivity contribution in [3.05, 3.63) is 47.0 Å². The average Bonchev–Trinajstić information content (AvgIpc) is 3.06. The van der Waals surface area contributed by atoms with E-state index in [0.29, 0.717) is 31.5 Å². The van der Waals surface area contributed by atoms with Gasteiger partial charge in [-0.3, -0.25) is 4.99 Å². The molecule has 7 nitrogen and oxygen atoms in total. The highest BCUT2D eigenvalue weighted by atomic mass is 127. The van der Waals surface area contributed by atoms with Gasteiger partial charge in [0.1, 0.15) is 12.4 Å². The molecule has 29 heavy (non-hydrogen) atoms. The van der Waals surface area contributed by atoms with Gasteiger partial charge in [-0.1, -0.05) is 12.1 Å². The molecule has 1 aromatic heterocycles. The van der Waals surface area contributed by atoms with E-state index >= 15 is 0 Å². The van der Waals surface area contributed by atoms with Gasteiger partial charge in [0.05, 0.1) is 12.1 Å². The average molecular weight is 524 g/mol. The Labute approximate surface area is 184 Å². The van der Waals surface area contributed by atoms with Crippen LogP contribution in [0, 0.1) is 0 Å². The van der Waals surface area contributed by atoms with E-state index in [0.717, 1.165) is 36.4 Å². The van der Waals surface area contributed by atoms with Gasteiger partial charge in [-0.05, 0) is 24.1 Å². The second-order valence-corrected chi connectivity index (χ2v) is 6.56. The van der Waals surface area contributed by atoms with Crippen LogP contribution in [0.5, 0.6) is 0 Å². The molecule has 0 fully saturated rings. The molecule has 0 radical (unpaired) electrons. The predicted molar refractivity (Wildman–Crippen MR) is 113 cm³/mol. The Hall–Kier alpha value is -1.89. The number of ether oxygens (including phenoxy) is 1. The smallest absolute Gasteiger partial charge is 0.377 e. The number of alkyl halides is 3. The summed E-state index contributed by atoms with van der Waals surface area (Å²) in [7, 11) is 3.26. The molecule has 1 aliphatic rings. The Bertz CT molecular complexity index is 822. The highest BCUT2D eigenvalue weighted by Gasteiger charge is 2.30. The summed E-state index contributed by atoms with van der Waals surface area (Å²) in [5, 5.41) is 10.9. The van der Waals surface area contributed by atoms with Crippen LogP contribution in [0.1, 0.15) is 29.2 Å². The fourth-order valence-corrected chi connectivity index (χ4v) is 3.05. The standard InChI is InChI=1S/C18H23F3N6O.HI/c1-22-17(23-9-12-3-5-13(6-4-12)18(19,20)21)24-14-7-8-16-25-15(11-28-2)26-27(16)10-14;/h3-6,14H,7-11H2,1-2H3,(H2,22,23,24);1H. The fourth-order valence-electron chi connectivity index (χ4n) is 3.05. The van der Waals surface area contributed by atoms with Crippen molar-refractivity contribution >= 4 is 29.9 Å². The normalized spacial score (nSPS) is 16.7. The molecule has 1 aliphatic heterocycles. The monoisotopic (exact) mass is 524 g/mol. The summed E-state index contributed by atoms with van der Waals surface area (Å²) in [6, 6.07) is 5.21. The van der Waals surface area contributed by atoms with Crippen LogP contribution < -0.4 is 10.6 Å². The zero-order chi connectivity index (χ0) is 20.1. The Morgan fingerprint density at radius 1 is 1.31 bits per heavy atom. The lowest BCUT2D eigenvalue weighted by Crippen LogP contribution is -2.46. The maximum absolute atomic E-state index is 12.6. The van der Waals surface area contributed by atoms with Gasteiger partial charge in [0.15, 0.2) is 11.8 Å². The number of hydrogen-bond acceptors (Lipinski definition) is 4. The predicted octanol–water partition coefficient (Wildman–Crippen LogP) is 2.74. The zero-order valence-corrected chi connectivity index (χ0v) is 18.5. The van der Waals surface area contributed by atoms with Gasteiger partial charge >= 0.3 is 6.18 Å². The van der Waals surface area contributed by atoms with Gasteiger partial charge < -0.3 is 15.4 Å². The summed E-state index contributed by atoms with van der Waals surface area (Å²) in [5.74, 6) is 2.20. The number of rotatable bonds is 5. The van der Waals surface area contributed by atoms with E-state index in [-0.39, 0.29) is 30.0 Å². The molecule has 0 saturated heterocycles. The molecule has 0 amide bonds. The van der Waals surface area contributed by atoms with Gasteiger partial charge in [0.2, 0.25) is 0 Å². The number of nitrogens with zero attached hydrogens (tertiary/aromatic N) is 4. The third kappa shape index (κ3) is 6.29. The third-order valence-electron chi connectivity index (χ3n) is 4.48. The van der Waals surface area contributed by atoms with Gasteiger partial charge in [-0.2, -0.15) is 18.3 Å². The van der Waals surface area contributed by atoms with Crippen LogP contribution in [0.25, 0.3) is 0 Å². The highest BCUT2D eigenvalue weighted by Crippen LogP contribution is 2.29. The summed E-state index contributed by atoms with van der Waals surface area (Å²) in [6.07, 6.45) is -2.65. The number of guanidine groups is 1. The number of methoxy groups -OCH3 is 1. The van der Waals surface area contributed by atoms with Gasteiger partial charge in [0.25, 0.3) is 0 Å². The van der Waals surface area contributed by atoms with Crippen molar-refractivity contribution < 1.29 is 17.9 Å². The lowest BCUT2D eigenvalue weighted by molar-refractivity contribution is -0.137. The summed E-state index contributed by atoms with van der Waals surface area (Å²) in [5.41, 5.74) is 0.0832. The van der Waals surface area contributed by atoms with E-state index in [4.69, 9.17) is 4.74 Å². The molecule has 0 saturated carbocycles.